The molecular weight excluding hydrogens is 290 g/mol. The summed E-state index contributed by atoms with van der Waals surface area (Å²) in [5, 5.41) is 24.0. The van der Waals surface area contributed by atoms with Gasteiger partial charge in [-0.3, -0.25) is 4.79 Å². The minimum Gasteiger partial charge on any atom is -0.504 e. The average molecular weight is 307 g/mol. The Morgan fingerprint density at radius 2 is 2.14 bits per heavy atom. The molecule has 0 bridgehead atoms. The molecule has 0 saturated heterocycles. The minimum absolute atomic E-state index is 0.145. The molecule has 0 radical (unpaired) electrons. The van der Waals surface area contributed by atoms with Gasteiger partial charge < -0.3 is 20.3 Å². The molecule has 3 N–H and O–H groups in total. The summed E-state index contributed by atoms with van der Waals surface area (Å²) in [6.45, 7) is 0.466. The number of thiophene rings is 1. The van der Waals surface area contributed by atoms with E-state index in [4.69, 9.17) is 4.74 Å². The molecular formula is C15H17NO4S. The van der Waals surface area contributed by atoms with Crippen molar-refractivity contribution < 1.29 is 19.7 Å². The Kier molecular flexibility index (Phi) is 5.19. The van der Waals surface area contributed by atoms with Crippen LogP contribution in [0.15, 0.2) is 35.7 Å². The molecule has 0 spiro atoms. The first-order valence-corrected chi connectivity index (χ1v) is 7.32. The number of esters is 1. The van der Waals surface area contributed by atoms with Gasteiger partial charge in [-0.05, 0) is 29.1 Å². The van der Waals surface area contributed by atoms with E-state index in [1.165, 1.54) is 19.2 Å². The second kappa shape index (κ2) is 7.10. The number of ether oxygens (including phenoxy) is 1. The Balaban J connectivity index is 2.04. The summed E-state index contributed by atoms with van der Waals surface area (Å²) < 4.78 is 4.72. The fraction of sp³-hybridized carbons (Fsp3) is 0.267. The maximum absolute atomic E-state index is 11.5. The Bertz CT molecular complexity index is 598. The van der Waals surface area contributed by atoms with Gasteiger partial charge in [0, 0.05) is 11.4 Å². The van der Waals surface area contributed by atoms with Crippen molar-refractivity contribution in [1.82, 2.24) is 5.32 Å². The molecule has 0 aliphatic rings. The van der Waals surface area contributed by atoms with Gasteiger partial charge in [0.15, 0.2) is 11.5 Å². The van der Waals surface area contributed by atoms with E-state index in [1.54, 1.807) is 17.4 Å². The highest BCUT2D eigenvalue weighted by Crippen LogP contribution is 2.26. The van der Waals surface area contributed by atoms with Crippen molar-refractivity contribution in [1.29, 1.82) is 0 Å². The number of carbonyl (C=O) groups is 1. The summed E-state index contributed by atoms with van der Waals surface area (Å²) in [7, 11) is 1.37. The van der Waals surface area contributed by atoms with Gasteiger partial charge in [-0.25, -0.2) is 0 Å². The van der Waals surface area contributed by atoms with E-state index in [1.807, 2.05) is 17.5 Å². The standard InChI is InChI=1S/C15H17NO4S/c1-20-15(19)8-11(14-3-2-6-21-14)16-9-10-4-5-12(17)13(18)7-10/h2-7,11,16-18H,8-9H2,1H3. The molecule has 21 heavy (non-hydrogen) atoms. The van der Waals surface area contributed by atoms with Crippen LogP contribution in [-0.4, -0.2) is 23.3 Å². The minimum atomic E-state index is -0.283. The molecule has 5 nitrogen and oxygen atoms in total. The number of methoxy groups -OCH3 is 1. The molecule has 6 heteroatoms. The lowest BCUT2D eigenvalue weighted by Gasteiger charge is -2.16. The van der Waals surface area contributed by atoms with E-state index in [-0.39, 0.29) is 29.9 Å². The van der Waals surface area contributed by atoms with Crippen molar-refractivity contribution in [2.45, 2.75) is 19.0 Å². The lowest BCUT2D eigenvalue weighted by atomic mass is 10.1. The number of carbonyl (C=O) groups excluding carboxylic acids is 1. The van der Waals surface area contributed by atoms with Crippen LogP contribution in [0.25, 0.3) is 0 Å². The van der Waals surface area contributed by atoms with E-state index in [0.717, 1.165) is 10.4 Å². The Morgan fingerprint density at radius 3 is 2.76 bits per heavy atom. The van der Waals surface area contributed by atoms with E-state index in [0.29, 0.717) is 6.54 Å². The molecule has 0 saturated carbocycles. The number of nitrogens with one attached hydrogen (secondary N) is 1. The van der Waals surface area contributed by atoms with Crippen molar-refractivity contribution in [3.63, 3.8) is 0 Å². The Morgan fingerprint density at radius 1 is 1.33 bits per heavy atom. The maximum atomic E-state index is 11.5. The van der Waals surface area contributed by atoms with E-state index in [2.05, 4.69) is 5.32 Å². The summed E-state index contributed by atoms with van der Waals surface area (Å²) in [4.78, 5) is 12.5. The van der Waals surface area contributed by atoms with Crippen molar-refractivity contribution in [3.05, 3.63) is 46.2 Å². The van der Waals surface area contributed by atoms with Gasteiger partial charge in [-0.2, -0.15) is 0 Å². The molecule has 0 aliphatic heterocycles. The SMILES string of the molecule is COC(=O)CC(NCc1ccc(O)c(O)c1)c1cccs1. The Hall–Kier alpha value is -2.05. The zero-order valence-electron chi connectivity index (χ0n) is 11.6. The van der Waals surface area contributed by atoms with Gasteiger partial charge in [-0.15, -0.1) is 11.3 Å². The first-order valence-electron chi connectivity index (χ1n) is 6.44. The number of hydrogen-bond donors (Lipinski definition) is 3. The summed E-state index contributed by atoms with van der Waals surface area (Å²) >= 11 is 1.56. The fourth-order valence-corrected chi connectivity index (χ4v) is 2.74. The third-order valence-electron chi connectivity index (χ3n) is 3.08. The van der Waals surface area contributed by atoms with Gasteiger partial charge in [0.05, 0.1) is 19.6 Å². The van der Waals surface area contributed by atoms with E-state index >= 15 is 0 Å². The van der Waals surface area contributed by atoms with Crippen LogP contribution in [0.4, 0.5) is 0 Å². The molecule has 1 heterocycles. The second-order valence-electron chi connectivity index (χ2n) is 4.55. The molecule has 0 aliphatic carbocycles. The van der Waals surface area contributed by atoms with Gasteiger partial charge in [0.1, 0.15) is 0 Å². The lowest BCUT2D eigenvalue weighted by molar-refractivity contribution is -0.141. The van der Waals surface area contributed by atoms with Gasteiger partial charge in [0.25, 0.3) is 0 Å². The van der Waals surface area contributed by atoms with Crippen LogP contribution in [0, 0.1) is 0 Å². The highest BCUT2D eigenvalue weighted by Gasteiger charge is 2.17. The molecule has 112 valence electrons. The van der Waals surface area contributed by atoms with Crippen molar-refractivity contribution in [2.75, 3.05) is 7.11 Å². The van der Waals surface area contributed by atoms with E-state index in [9.17, 15) is 15.0 Å². The van der Waals surface area contributed by atoms with Gasteiger partial charge in [-0.1, -0.05) is 12.1 Å². The molecule has 2 aromatic rings. The number of rotatable bonds is 6. The predicted octanol–water partition coefficient (Wildman–Crippen LogP) is 2.55. The van der Waals surface area contributed by atoms with Crippen LogP contribution in [0.2, 0.25) is 0 Å². The van der Waals surface area contributed by atoms with Gasteiger partial charge in [0.2, 0.25) is 0 Å². The van der Waals surface area contributed by atoms with Crippen molar-refractivity contribution in [2.24, 2.45) is 0 Å². The molecule has 1 unspecified atom stereocenters. The van der Waals surface area contributed by atoms with Crippen LogP contribution in [0.3, 0.4) is 0 Å². The molecule has 0 fully saturated rings. The quantitative estimate of drug-likeness (QED) is 0.564. The molecule has 1 aromatic carbocycles. The number of aromatic hydroxyl groups is 2. The zero-order chi connectivity index (χ0) is 15.2. The van der Waals surface area contributed by atoms with Crippen LogP contribution in [0.5, 0.6) is 11.5 Å². The topological polar surface area (TPSA) is 78.8 Å². The van der Waals surface area contributed by atoms with Crippen molar-refractivity contribution >= 4 is 17.3 Å². The molecule has 1 atom stereocenters. The summed E-state index contributed by atoms with van der Waals surface area (Å²) in [6.07, 6.45) is 0.237. The third-order valence-corrected chi connectivity index (χ3v) is 4.06. The third kappa shape index (κ3) is 4.21. The first-order chi connectivity index (χ1) is 10.1. The first kappa shape index (κ1) is 15.3. The second-order valence-corrected chi connectivity index (χ2v) is 5.53. The summed E-state index contributed by atoms with van der Waals surface area (Å²) in [6, 6.07) is 8.39. The van der Waals surface area contributed by atoms with Crippen LogP contribution < -0.4 is 5.32 Å². The predicted molar refractivity (Wildman–Crippen MR) is 80.3 cm³/mol. The maximum Gasteiger partial charge on any atom is 0.307 e. The monoisotopic (exact) mass is 307 g/mol. The highest BCUT2D eigenvalue weighted by atomic mass is 32.1. The van der Waals surface area contributed by atoms with Crippen LogP contribution in [-0.2, 0) is 16.1 Å². The smallest absolute Gasteiger partial charge is 0.307 e. The average Bonchev–Trinajstić information content (AvgIpc) is 3.00. The largest absolute Gasteiger partial charge is 0.504 e. The number of phenols is 2. The number of benzene rings is 1. The number of phenolic OH excluding ortho intramolecular Hbond substituents is 2. The molecule has 1 aromatic heterocycles. The lowest BCUT2D eigenvalue weighted by Crippen LogP contribution is -2.23. The molecule has 0 amide bonds. The normalized spacial score (nSPS) is 12.0. The van der Waals surface area contributed by atoms with Crippen molar-refractivity contribution in [3.8, 4) is 11.5 Å². The van der Waals surface area contributed by atoms with Gasteiger partial charge >= 0.3 is 5.97 Å². The summed E-state index contributed by atoms with van der Waals surface area (Å²) in [5.41, 5.74) is 0.816. The number of hydrogen-bond acceptors (Lipinski definition) is 6. The molecule has 2 rings (SSSR count). The Labute approximate surface area is 126 Å². The summed E-state index contributed by atoms with van der Waals surface area (Å²) in [5.74, 6) is -0.590. The highest BCUT2D eigenvalue weighted by molar-refractivity contribution is 7.10. The van der Waals surface area contributed by atoms with E-state index < -0.39 is 0 Å². The fourth-order valence-electron chi connectivity index (χ4n) is 1.93. The zero-order valence-corrected chi connectivity index (χ0v) is 12.4. The van der Waals surface area contributed by atoms with Crippen LogP contribution in [0.1, 0.15) is 22.9 Å². The van der Waals surface area contributed by atoms with Crippen LogP contribution >= 0.6 is 11.3 Å².